The highest BCUT2D eigenvalue weighted by molar-refractivity contribution is 8.13. The van der Waals surface area contributed by atoms with Crippen molar-refractivity contribution < 1.29 is 4.79 Å². The Bertz CT molecular complexity index is 712. The molecule has 2 aromatic carbocycles. The van der Waals surface area contributed by atoms with Crippen molar-refractivity contribution in [3.63, 3.8) is 0 Å². The van der Waals surface area contributed by atoms with Crippen molar-refractivity contribution in [1.29, 1.82) is 5.26 Å². The van der Waals surface area contributed by atoms with Crippen LogP contribution in [0, 0.1) is 32.2 Å². The summed E-state index contributed by atoms with van der Waals surface area (Å²) in [6.07, 6.45) is 2.23. The maximum atomic E-state index is 12.5. The molecule has 23 heavy (non-hydrogen) atoms. The van der Waals surface area contributed by atoms with Gasteiger partial charge in [0.1, 0.15) is 0 Å². The molecule has 0 fully saturated rings. The summed E-state index contributed by atoms with van der Waals surface area (Å²) in [6.45, 7) is 6.11. The quantitative estimate of drug-likeness (QED) is 0.502. The zero-order valence-corrected chi connectivity index (χ0v) is 14.4. The van der Waals surface area contributed by atoms with Gasteiger partial charge in [0, 0.05) is 11.3 Å². The van der Waals surface area contributed by atoms with Crippen LogP contribution in [0.3, 0.4) is 0 Å². The van der Waals surface area contributed by atoms with E-state index < -0.39 is 0 Å². The standard InChI is InChI=1S/C19H20N2OS/c1-13-9-14(2)19(15(3)10-13)23-18(22)11-17(21-12-20)16-7-5-4-6-8-16/h4-10,17,21H,11H2,1-3H3/t17-/m1/s1. The van der Waals surface area contributed by atoms with E-state index in [-0.39, 0.29) is 17.6 Å². The maximum absolute atomic E-state index is 12.5. The smallest absolute Gasteiger partial charge is 0.196 e. The first-order valence-electron chi connectivity index (χ1n) is 7.49. The van der Waals surface area contributed by atoms with Crippen LogP contribution in [0.25, 0.3) is 0 Å². The lowest BCUT2D eigenvalue weighted by molar-refractivity contribution is -0.111. The summed E-state index contributed by atoms with van der Waals surface area (Å²) >= 11 is 1.27. The second kappa shape index (κ2) is 7.85. The fourth-order valence-corrected chi connectivity index (χ4v) is 3.58. The average Bonchev–Trinajstić information content (AvgIpc) is 2.51. The van der Waals surface area contributed by atoms with E-state index in [9.17, 15) is 4.79 Å². The van der Waals surface area contributed by atoms with E-state index >= 15 is 0 Å². The predicted octanol–water partition coefficient (Wildman–Crippen LogP) is 4.43. The maximum Gasteiger partial charge on any atom is 0.196 e. The molecule has 3 nitrogen and oxygen atoms in total. The first-order chi connectivity index (χ1) is 11.0. The first-order valence-corrected chi connectivity index (χ1v) is 8.31. The lowest BCUT2D eigenvalue weighted by Crippen LogP contribution is -2.18. The van der Waals surface area contributed by atoms with Crippen molar-refractivity contribution in [1.82, 2.24) is 5.32 Å². The minimum Gasteiger partial charge on any atom is -0.316 e. The molecule has 2 rings (SSSR count). The van der Waals surface area contributed by atoms with E-state index in [4.69, 9.17) is 5.26 Å². The highest BCUT2D eigenvalue weighted by Crippen LogP contribution is 2.31. The second-order valence-electron chi connectivity index (χ2n) is 5.63. The molecule has 0 saturated heterocycles. The number of rotatable bonds is 5. The molecule has 1 N–H and O–H groups in total. The SMILES string of the molecule is Cc1cc(C)c(SC(=O)C[C@@H](NC#N)c2ccccc2)c(C)c1. The van der Waals surface area contributed by atoms with Gasteiger partial charge in [-0.2, -0.15) is 5.26 Å². The van der Waals surface area contributed by atoms with Gasteiger partial charge < -0.3 is 5.32 Å². The summed E-state index contributed by atoms with van der Waals surface area (Å²) in [7, 11) is 0. The van der Waals surface area contributed by atoms with Gasteiger partial charge in [0.2, 0.25) is 0 Å². The molecule has 118 valence electrons. The zero-order chi connectivity index (χ0) is 16.8. The largest absolute Gasteiger partial charge is 0.316 e. The number of thioether (sulfide) groups is 1. The number of nitriles is 1. The van der Waals surface area contributed by atoms with Crippen LogP contribution in [0.5, 0.6) is 0 Å². The Kier molecular flexibility index (Phi) is 5.84. The third-order valence-corrected chi connectivity index (χ3v) is 4.87. The molecule has 1 atom stereocenters. The van der Waals surface area contributed by atoms with Crippen molar-refractivity contribution in [2.75, 3.05) is 0 Å². The molecule has 0 bridgehead atoms. The summed E-state index contributed by atoms with van der Waals surface area (Å²) in [4.78, 5) is 13.5. The fourth-order valence-electron chi connectivity index (χ4n) is 2.67. The Labute approximate surface area is 141 Å². The van der Waals surface area contributed by atoms with E-state index in [1.807, 2.05) is 50.4 Å². The van der Waals surface area contributed by atoms with Crippen LogP contribution in [-0.2, 0) is 4.79 Å². The van der Waals surface area contributed by atoms with Crippen molar-refractivity contribution in [3.05, 3.63) is 64.7 Å². The van der Waals surface area contributed by atoms with Crippen LogP contribution in [0.4, 0.5) is 0 Å². The molecule has 0 spiro atoms. The van der Waals surface area contributed by atoms with Gasteiger partial charge in [0.05, 0.1) is 6.04 Å². The summed E-state index contributed by atoms with van der Waals surface area (Å²) < 4.78 is 0. The van der Waals surface area contributed by atoms with Gasteiger partial charge in [-0.15, -0.1) is 0 Å². The van der Waals surface area contributed by atoms with Gasteiger partial charge in [0.15, 0.2) is 11.3 Å². The van der Waals surface area contributed by atoms with Gasteiger partial charge in [0.25, 0.3) is 0 Å². The van der Waals surface area contributed by atoms with Gasteiger partial charge in [-0.3, -0.25) is 4.79 Å². The Morgan fingerprint density at radius 2 is 1.78 bits per heavy atom. The van der Waals surface area contributed by atoms with Crippen LogP contribution in [0.1, 0.15) is 34.7 Å². The summed E-state index contributed by atoms with van der Waals surface area (Å²) in [5.41, 5.74) is 4.38. The Hall–Kier alpha value is -2.25. The highest BCUT2D eigenvalue weighted by atomic mass is 32.2. The molecule has 0 saturated carbocycles. The molecular weight excluding hydrogens is 304 g/mol. The molecule has 0 unspecified atom stereocenters. The van der Waals surface area contributed by atoms with Gasteiger partial charge in [-0.1, -0.05) is 59.8 Å². The van der Waals surface area contributed by atoms with E-state index in [2.05, 4.69) is 24.4 Å². The highest BCUT2D eigenvalue weighted by Gasteiger charge is 2.18. The van der Waals surface area contributed by atoms with Gasteiger partial charge in [-0.25, -0.2) is 0 Å². The molecular formula is C19H20N2OS. The van der Waals surface area contributed by atoms with E-state index in [1.165, 1.54) is 17.3 Å². The predicted molar refractivity (Wildman–Crippen MR) is 94.1 cm³/mol. The number of hydrogen-bond donors (Lipinski definition) is 1. The number of nitrogens with one attached hydrogen (secondary N) is 1. The summed E-state index contributed by atoms with van der Waals surface area (Å²) in [5, 5.41) is 11.7. The fraction of sp³-hybridized carbons (Fsp3) is 0.263. The average molecular weight is 324 g/mol. The number of carbonyl (C=O) groups excluding carboxylic acids is 1. The minimum atomic E-state index is -0.285. The molecule has 0 radical (unpaired) electrons. The van der Waals surface area contributed by atoms with Gasteiger partial charge >= 0.3 is 0 Å². The molecule has 4 heteroatoms. The molecule has 0 aliphatic rings. The second-order valence-corrected chi connectivity index (χ2v) is 6.69. The summed E-state index contributed by atoms with van der Waals surface area (Å²) in [6, 6.07) is 13.5. The monoisotopic (exact) mass is 324 g/mol. The number of aryl methyl sites for hydroxylation is 3. The third-order valence-electron chi connectivity index (χ3n) is 3.63. The van der Waals surface area contributed by atoms with Crippen molar-refractivity contribution in [2.24, 2.45) is 0 Å². The molecule has 0 aliphatic heterocycles. The normalized spacial score (nSPS) is 11.6. The third kappa shape index (κ3) is 4.61. The van der Waals surface area contributed by atoms with Crippen molar-refractivity contribution in [3.8, 4) is 6.19 Å². The summed E-state index contributed by atoms with van der Waals surface area (Å²) in [5.74, 6) is 0. The number of hydrogen-bond acceptors (Lipinski definition) is 4. The lowest BCUT2D eigenvalue weighted by atomic mass is 10.0. The van der Waals surface area contributed by atoms with Crippen LogP contribution in [-0.4, -0.2) is 5.12 Å². The van der Waals surface area contributed by atoms with Crippen LogP contribution in [0.15, 0.2) is 47.4 Å². The Morgan fingerprint density at radius 1 is 1.17 bits per heavy atom. The molecule has 0 heterocycles. The van der Waals surface area contributed by atoms with Crippen LogP contribution < -0.4 is 5.32 Å². The lowest BCUT2D eigenvalue weighted by Gasteiger charge is -2.15. The topological polar surface area (TPSA) is 52.9 Å². The van der Waals surface area contributed by atoms with E-state index in [0.717, 1.165) is 21.6 Å². The Balaban J connectivity index is 2.13. The molecule has 2 aromatic rings. The minimum absolute atomic E-state index is 0.0525. The Morgan fingerprint density at radius 3 is 2.35 bits per heavy atom. The van der Waals surface area contributed by atoms with Crippen molar-refractivity contribution in [2.45, 2.75) is 38.1 Å². The van der Waals surface area contributed by atoms with Gasteiger partial charge in [-0.05, 0) is 37.5 Å². The number of nitrogens with zero attached hydrogens (tertiary/aromatic N) is 1. The van der Waals surface area contributed by atoms with Crippen LogP contribution in [0.2, 0.25) is 0 Å². The van der Waals surface area contributed by atoms with Crippen LogP contribution >= 0.6 is 11.8 Å². The van der Waals surface area contributed by atoms with Crippen molar-refractivity contribution >= 4 is 16.9 Å². The molecule has 0 aliphatic carbocycles. The first kappa shape index (κ1) is 17.1. The van der Waals surface area contributed by atoms with E-state index in [1.54, 1.807) is 0 Å². The molecule has 0 aromatic heterocycles. The molecule has 0 amide bonds. The number of carbonyl (C=O) groups is 1. The van der Waals surface area contributed by atoms with E-state index in [0.29, 0.717) is 0 Å². The zero-order valence-electron chi connectivity index (χ0n) is 13.6. The number of benzene rings is 2.